The van der Waals surface area contributed by atoms with Gasteiger partial charge in [-0.25, -0.2) is 0 Å². The first kappa shape index (κ1) is 17.5. The summed E-state index contributed by atoms with van der Waals surface area (Å²) in [6.45, 7) is 0. The van der Waals surface area contributed by atoms with E-state index in [1.54, 1.807) is 0 Å². The second-order valence-corrected chi connectivity index (χ2v) is 4.59. The molecule has 118 valence electrons. The van der Waals surface area contributed by atoms with Crippen molar-refractivity contribution in [3.63, 3.8) is 0 Å². The molecule has 0 aliphatic heterocycles. The van der Waals surface area contributed by atoms with Gasteiger partial charge in [0.05, 0.1) is 18.1 Å². The summed E-state index contributed by atoms with van der Waals surface area (Å²) in [6, 6.07) is 5.15. The number of primary amides is 1. The van der Waals surface area contributed by atoms with Crippen LogP contribution in [-0.2, 0) is 22.2 Å². The van der Waals surface area contributed by atoms with Gasteiger partial charge in [-0.3, -0.25) is 9.59 Å². The molecule has 0 radical (unpaired) electrons. The van der Waals surface area contributed by atoms with Crippen LogP contribution in [0.25, 0.3) is 0 Å². The Morgan fingerprint density at radius 3 is 2.59 bits per heavy atom. The van der Waals surface area contributed by atoms with Gasteiger partial charge in [-0.2, -0.15) is 18.4 Å². The van der Waals surface area contributed by atoms with E-state index in [4.69, 9.17) is 11.0 Å². The topological polar surface area (TPSA) is 96.0 Å². The minimum absolute atomic E-state index is 0.0252. The number of nitrogens with zero attached hydrogens (tertiary/aromatic N) is 1. The molecule has 2 amide bonds. The Balaban J connectivity index is 2.72. The van der Waals surface area contributed by atoms with Gasteiger partial charge >= 0.3 is 6.18 Å². The third-order valence-electron chi connectivity index (χ3n) is 2.84. The summed E-state index contributed by atoms with van der Waals surface area (Å²) < 4.78 is 37.7. The van der Waals surface area contributed by atoms with Crippen LogP contribution in [0, 0.1) is 11.3 Å². The Morgan fingerprint density at radius 2 is 2.05 bits per heavy atom. The molecule has 0 aromatic heterocycles. The van der Waals surface area contributed by atoms with E-state index in [0.717, 1.165) is 12.1 Å². The van der Waals surface area contributed by atoms with Gasteiger partial charge in [0.15, 0.2) is 0 Å². The van der Waals surface area contributed by atoms with E-state index < -0.39 is 29.6 Å². The number of alkyl halides is 3. The smallest absolute Gasteiger partial charge is 0.368 e. The lowest BCUT2D eigenvalue weighted by Gasteiger charge is -2.14. The van der Waals surface area contributed by atoms with Gasteiger partial charge in [-0.15, -0.1) is 0 Å². The molecule has 0 fully saturated rings. The molecule has 1 aromatic rings. The summed E-state index contributed by atoms with van der Waals surface area (Å²) >= 11 is 0. The minimum atomic E-state index is -4.49. The number of nitriles is 1. The predicted molar refractivity (Wildman–Crippen MR) is 71.1 cm³/mol. The van der Waals surface area contributed by atoms with Crippen molar-refractivity contribution >= 4 is 11.8 Å². The fraction of sp³-hybridized carbons (Fsp3) is 0.357. The molecule has 0 saturated carbocycles. The zero-order valence-electron chi connectivity index (χ0n) is 11.5. The third-order valence-corrected chi connectivity index (χ3v) is 2.84. The molecule has 5 nitrogen and oxygen atoms in total. The van der Waals surface area contributed by atoms with Crippen LogP contribution in [0.2, 0.25) is 0 Å². The number of nitrogens with two attached hydrogens (primary N) is 1. The van der Waals surface area contributed by atoms with Crippen molar-refractivity contribution in [3.05, 3.63) is 35.4 Å². The van der Waals surface area contributed by atoms with E-state index in [1.165, 1.54) is 12.1 Å². The number of rotatable bonds is 6. The summed E-state index contributed by atoms with van der Waals surface area (Å²) in [5.41, 5.74) is 4.40. The second-order valence-electron chi connectivity index (χ2n) is 4.59. The molecule has 1 rings (SSSR count). The molecule has 0 spiro atoms. The first-order valence-electron chi connectivity index (χ1n) is 6.36. The number of nitrogens with one attached hydrogen (secondary N) is 1. The standard InChI is InChI=1S/C14H14F3N3O2/c15-14(16,17)10-4-1-3-9(7-10)8-12(21)20-11(13(19)22)5-2-6-18/h1,3-4,7,11H,2,5,8H2,(H2,19,22)(H,20,21)/t11-/m0/s1. The van der Waals surface area contributed by atoms with Crippen LogP contribution in [0.5, 0.6) is 0 Å². The van der Waals surface area contributed by atoms with Gasteiger partial charge < -0.3 is 11.1 Å². The number of amides is 2. The van der Waals surface area contributed by atoms with Gasteiger partial charge in [0.2, 0.25) is 11.8 Å². The second kappa shape index (κ2) is 7.45. The first-order chi connectivity index (χ1) is 10.2. The quantitative estimate of drug-likeness (QED) is 0.833. The summed E-state index contributed by atoms with van der Waals surface area (Å²) in [6.07, 6.45) is -4.73. The zero-order chi connectivity index (χ0) is 16.8. The number of benzene rings is 1. The van der Waals surface area contributed by atoms with Gasteiger partial charge in [-0.05, 0) is 18.1 Å². The maximum absolute atomic E-state index is 12.6. The third kappa shape index (κ3) is 5.44. The molecule has 1 aromatic carbocycles. The molecule has 22 heavy (non-hydrogen) atoms. The van der Waals surface area contributed by atoms with Gasteiger partial charge in [0, 0.05) is 6.42 Å². The minimum Gasteiger partial charge on any atom is -0.368 e. The lowest BCUT2D eigenvalue weighted by Crippen LogP contribution is -2.44. The van der Waals surface area contributed by atoms with Gasteiger partial charge in [0.25, 0.3) is 0 Å². The molecule has 0 aliphatic rings. The van der Waals surface area contributed by atoms with Gasteiger partial charge in [-0.1, -0.05) is 18.2 Å². The van der Waals surface area contributed by atoms with Gasteiger partial charge in [0.1, 0.15) is 6.04 Å². The summed E-state index contributed by atoms with van der Waals surface area (Å²) in [5, 5.41) is 10.8. The van der Waals surface area contributed by atoms with Crippen LogP contribution < -0.4 is 11.1 Å². The molecular weight excluding hydrogens is 299 g/mol. The molecule has 8 heteroatoms. The van der Waals surface area contributed by atoms with Crippen molar-refractivity contribution in [2.75, 3.05) is 0 Å². The monoisotopic (exact) mass is 313 g/mol. The van der Waals surface area contributed by atoms with E-state index in [-0.39, 0.29) is 24.8 Å². The number of hydrogen-bond donors (Lipinski definition) is 2. The zero-order valence-corrected chi connectivity index (χ0v) is 11.5. The maximum Gasteiger partial charge on any atom is 0.416 e. The lowest BCUT2D eigenvalue weighted by molar-refractivity contribution is -0.137. The van der Waals surface area contributed by atoms with Crippen LogP contribution in [0.1, 0.15) is 24.0 Å². The predicted octanol–water partition coefficient (Wildman–Crippen LogP) is 1.52. The highest BCUT2D eigenvalue weighted by Gasteiger charge is 2.30. The van der Waals surface area contributed by atoms with Crippen molar-refractivity contribution in [1.82, 2.24) is 5.32 Å². The SMILES string of the molecule is N#CCC[C@H](NC(=O)Cc1cccc(C(F)(F)F)c1)C(N)=O. The molecule has 0 heterocycles. The molecule has 0 aliphatic carbocycles. The number of halogens is 3. The van der Waals surface area contributed by atoms with Crippen LogP contribution >= 0.6 is 0 Å². The molecule has 1 atom stereocenters. The summed E-state index contributed by atoms with van der Waals surface area (Å²) in [4.78, 5) is 22.9. The Labute approximate surface area is 124 Å². The molecule has 0 saturated heterocycles. The summed E-state index contributed by atoms with van der Waals surface area (Å²) in [7, 11) is 0. The molecule has 0 unspecified atom stereocenters. The molecule has 0 bridgehead atoms. The van der Waals surface area contributed by atoms with E-state index in [2.05, 4.69) is 5.32 Å². The van der Waals surface area contributed by atoms with Crippen LogP contribution in [0.3, 0.4) is 0 Å². The summed E-state index contributed by atoms with van der Waals surface area (Å²) in [5.74, 6) is -1.44. The van der Waals surface area contributed by atoms with Crippen molar-refractivity contribution in [1.29, 1.82) is 5.26 Å². The van der Waals surface area contributed by atoms with Crippen LogP contribution in [0.4, 0.5) is 13.2 Å². The molecular formula is C14H14F3N3O2. The fourth-order valence-corrected chi connectivity index (χ4v) is 1.78. The van der Waals surface area contributed by atoms with Crippen molar-refractivity contribution in [3.8, 4) is 6.07 Å². The number of hydrogen-bond acceptors (Lipinski definition) is 3. The molecule has 3 N–H and O–H groups in total. The highest BCUT2D eigenvalue weighted by Crippen LogP contribution is 2.29. The Kier molecular flexibility index (Phi) is 5.92. The fourth-order valence-electron chi connectivity index (χ4n) is 1.78. The van der Waals surface area contributed by atoms with Crippen LogP contribution in [0.15, 0.2) is 24.3 Å². The van der Waals surface area contributed by atoms with Crippen molar-refractivity contribution < 1.29 is 22.8 Å². The van der Waals surface area contributed by atoms with Crippen LogP contribution in [-0.4, -0.2) is 17.9 Å². The first-order valence-corrected chi connectivity index (χ1v) is 6.36. The van der Waals surface area contributed by atoms with E-state index in [9.17, 15) is 22.8 Å². The Bertz CT molecular complexity index is 594. The number of carbonyl (C=O) groups is 2. The largest absolute Gasteiger partial charge is 0.416 e. The van der Waals surface area contributed by atoms with E-state index in [1.807, 2.05) is 6.07 Å². The van der Waals surface area contributed by atoms with Crippen molar-refractivity contribution in [2.45, 2.75) is 31.5 Å². The average Bonchev–Trinajstić information content (AvgIpc) is 2.42. The van der Waals surface area contributed by atoms with Crippen molar-refractivity contribution in [2.24, 2.45) is 5.73 Å². The Hall–Kier alpha value is -2.56. The highest BCUT2D eigenvalue weighted by molar-refractivity contribution is 5.87. The average molecular weight is 313 g/mol. The van der Waals surface area contributed by atoms with E-state index in [0.29, 0.717) is 0 Å². The maximum atomic E-state index is 12.6. The highest BCUT2D eigenvalue weighted by atomic mass is 19.4. The van der Waals surface area contributed by atoms with E-state index >= 15 is 0 Å². The number of carbonyl (C=O) groups excluding carboxylic acids is 2. The Morgan fingerprint density at radius 1 is 1.36 bits per heavy atom. The lowest BCUT2D eigenvalue weighted by atomic mass is 10.1. The normalized spacial score (nSPS) is 12.3.